The lowest BCUT2D eigenvalue weighted by molar-refractivity contribution is 0.0586. The average molecular weight is 297 g/mol. The second-order valence-corrected chi connectivity index (χ2v) is 6.09. The summed E-state index contributed by atoms with van der Waals surface area (Å²) in [7, 11) is 0. The minimum atomic E-state index is 0.107. The Kier molecular flexibility index (Phi) is 3.29. The Labute approximate surface area is 129 Å². The monoisotopic (exact) mass is 297 g/mol. The van der Waals surface area contributed by atoms with Crippen LogP contribution in [0.5, 0.6) is 0 Å². The number of amides is 1. The zero-order valence-corrected chi connectivity index (χ0v) is 12.4. The highest BCUT2D eigenvalue weighted by Crippen LogP contribution is 2.30. The molecule has 5 rings (SSSR count). The highest BCUT2D eigenvalue weighted by atomic mass is 16.2. The third-order valence-corrected chi connectivity index (χ3v) is 4.64. The summed E-state index contributed by atoms with van der Waals surface area (Å²) in [4.78, 5) is 28.7. The predicted molar refractivity (Wildman–Crippen MR) is 82.6 cm³/mol. The molecule has 3 saturated heterocycles. The van der Waals surface area contributed by atoms with Crippen LogP contribution in [0.25, 0.3) is 0 Å². The maximum Gasteiger partial charge on any atom is 0.270 e. The number of anilines is 1. The van der Waals surface area contributed by atoms with E-state index in [9.17, 15) is 4.79 Å². The van der Waals surface area contributed by atoms with Gasteiger partial charge in [0.2, 0.25) is 5.95 Å². The van der Waals surface area contributed by atoms with Crippen LogP contribution in [0.1, 0.15) is 23.3 Å². The quantitative estimate of drug-likeness (QED) is 0.913. The minimum Gasteiger partial charge on any atom is -0.357 e. The molecule has 0 aromatic carbocycles. The van der Waals surface area contributed by atoms with E-state index in [1.807, 2.05) is 23.1 Å². The van der Waals surface area contributed by atoms with E-state index in [1.165, 1.54) is 6.42 Å². The molecule has 5 heterocycles. The van der Waals surface area contributed by atoms with Gasteiger partial charge in [0.05, 0.1) is 0 Å². The molecule has 2 aromatic heterocycles. The number of hydrogen-bond donors (Lipinski definition) is 1. The molecule has 6 nitrogen and oxygen atoms in total. The molecule has 0 unspecified atom stereocenters. The third kappa shape index (κ3) is 2.34. The predicted octanol–water partition coefficient (Wildman–Crippen LogP) is 1.55. The average Bonchev–Trinajstić information content (AvgIpc) is 2.95. The number of carbonyl (C=O) groups is 1. The van der Waals surface area contributed by atoms with Gasteiger partial charge in [-0.2, -0.15) is 0 Å². The molecule has 1 N–H and O–H groups in total. The Bertz CT molecular complexity index is 642. The maximum absolute atomic E-state index is 12.7. The van der Waals surface area contributed by atoms with Gasteiger partial charge in [-0.25, -0.2) is 9.97 Å². The van der Waals surface area contributed by atoms with E-state index < -0.39 is 0 Å². The summed E-state index contributed by atoms with van der Waals surface area (Å²) in [6.07, 6.45) is 7.57. The molecule has 0 spiro atoms. The van der Waals surface area contributed by atoms with Gasteiger partial charge >= 0.3 is 0 Å². The fourth-order valence-electron chi connectivity index (χ4n) is 3.57. The van der Waals surface area contributed by atoms with Crippen molar-refractivity contribution in [3.63, 3.8) is 0 Å². The second-order valence-electron chi connectivity index (χ2n) is 6.09. The van der Waals surface area contributed by atoms with Crippen LogP contribution in [0, 0.1) is 5.92 Å². The molecule has 0 radical (unpaired) electrons. The number of aromatic amines is 1. The topological polar surface area (TPSA) is 65.1 Å². The van der Waals surface area contributed by atoms with Crippen LogP contribution in [0.2, 0.25) is 0 Å². The summed E-state index contributed by atoms with van der Waals surface area (Å²) in [5.74, 6) is 1.37. The molecule has 3 aliphatic heterocycles. The van der Waals surface area contributed by atoms with Crippen molar-refractivity contribution in [1.29, 1.82) is 0 Å². The molecule has 22 heavy (non-hydrogen) atoms. The first-order chi connectivity index (χ1) is 10.8. The zero-order valence-electron chi connectivity index (χ0n) is 12.4. The Balaban J connectivity index is 1.58. The molecular weight excluding hydrogens is 278 g/mol. The van der Waals surface area contributed by atoms with Gasteiger partial charge in [0.15, 0.2) is 0 Å². The summed E-state index contributed by atoms with van der Waals surface area (Å²) in [5.41, 5.74) is 0.676. The number of carbonyl (C=O) groups excluding carboxylic acids is 1. The van der Waals surface area contributed by atoms with Crippen LogP contribution >= 0.6 is 0 Å². The van der Waals surface area contributed by atoms with Gasteiger partial charge in [0.1, 0.15) is 5.69 Å². The minimum absolute atomic E-state index is 0.107. The fraction of sp³-hybridized carbons (Fsp3) is 0.438. The van der Waals surface area contributed by atoms with Gasteiger partial charge in [-0.05, 0) is 37.0 Å². The van der Waals surface area contributed by atoms with Gasteiger partial charge < -0.3 is 14.8 Å². The zero-order chi connectivity index (χ0) is 14.9. The highest BCUT2D eigenvalue weighted by Gasteiger charge is 2.38. The highest BCUT2D eigenvalue weighted by molar-refractivity contribution is 5.92. The van der Waals surface area contributed by atoms with Crippen molar-refractivity contribution in [2.45, 2.75) is 18.9 Å². The molecule has 3 aliphatic rings. The number of aromatic nitrogens is 3. The summed E-state index contributed by atoms with van der Waals surface area (Å²) >= 11 is 0. The van der Waals surface area contributed by atoms with Gasteiger partial charge in [-0.15, -0.1) is 0 Å². The van der Waals surface area contributed by atoms with E-state index in [-0.39, 0.29) is 11.9 Å². The molecule has 0 aliphatic carbocycles. The van der Waals surface area contributed by atoms with Crippen molar-refractivity contribution in [3.8, 4) is 0 Å². The maximum atomic E-state index is 12.7. The van der Waals surface area contributed by atoms with Gasteiger partial charge in [-0.3, -0.25) is 4.79 Å². The molecule has 2 atom stereocenters. The van der Waals surface area contributed by atoms with E-state index in [0.717, 1.165) is 32.0 Å². The van der Waals surface area contributed by atoms with Crippen molar-refractivity contribution in [2.24, 2.45) is 5.92 Å². The number of nitrogens with zero attached hydrogens (tertiary/aromatic N) is 4. The van der Waals surface area contributed by atoms with E-state index >= 15 is 0 Å². The number of rotatable bonds is 2. The normalized spacial score (nSPS) is 24.4. The first kappa shape index (κ1) is 13.3. The van der Waals surface area contributed by atoms with Crippen molar-refractivity contribution in [3.05, 3.63) is 42.5 Å². The molecule has 2 aromatic rings. The molecule has 114 valence electrons. The van der Waals surface area contributed by atoms with Crippen LogP contribution in [-0.4, -0.2) is 51.4 Å². The first-order valence-electron chi connectivity index (χ1n) is 7.77. The number of hydrogen-bond acceptors (Lipinski definition) is 4. The summed E-state index contributed by atoms with van der Waals surface area (Å²) < 4.78 is 0. The van der Waals surface area contributed by atoms with E-state index in [1.54, 1.807) is 18.6 Å². The lowest BCUT2D eigenvalue weighted by atomic mass is 9.95. The summed E-state index contributed by atoms with van der Waals surface area (Å²) in [6, 6.07) is 5.78. The van der Waals surface area contributed by atoms with Crippen LogP contribution in [0.4, 0.5) is 5.95 Å². The van der Waals surface area contributed by atoms with Crippen LogP contribution in [-0.2, 0) is 0 Å². The van der Waals surface area contributed by atoms with Gasteiger partial charge in [0.25, 0.3) is 5.91 Å². The molecular formula is C16H19N5O. The van der Waals surface area contributed by atoms with Gasteiger partial charge in [0, 0.05) is 44.3 Å². The SMILES string of the molecule is O=C(c1ccc[nH]1)N1C[C@@H]2CC[C@H]1CN(c1ncccn1)C2. The molecule has 1 amide bonds. The summed E-state index contributed by atoms with van der Waals surface area (Å²) in [6.45, 7) is 2.56. The van der Waals surface area contributed by atoms with Crippen molar-refractivity contribution in [1.82, 2.24) is 19.9 Å². The van der Waals surface area contributed by atoms with Gasteiger partial charge in [-0.1, -0.05) is 0 Å². The number of H-pyrrole nitrogens is 1. The van der Waals surface area contributed by atoms with Crippen molar-refractivity contribution in [2.75, 3.05) is 24.5 Å². The smallest absolute Gasteiger partial charge is 0.270 e. The number of fused-ring (bicyclic) bond motifs is 4. The lowest BCUT2D eigenvalue weighted by Crippen LogP contribution is -2.47. The van der Waals surface area contributed by atoms with Crippen LogP contribution in [0.3, 0.4) is 0 Å². The summed E-state index contributed by atoms with van der Waals surface area (Å²) in [5, 5.41) is 0. The Morgan fingerprint density at radius 1 is 1.14 bits per heavy atom. The molecule has 3 fully saturated rings. The van der Waals surface area contributed by atoms with Crippen molar-refractivity contribution < 1.29 is 4.79 Å². The number of piperidine rings is 1. The lowest BCUT2D eigenvalue weighted by Gasteiger charge is -2.35. The van der Waals surface area contributed by atoms with E-state index in [4.69, 9.17) is 0 Å². The molecule has 0 saturated carbocycles. The third-order valence-electron chi connectivity index (χ3n) is 4.64. The fourth-order valence-corrected chi connectivity index (χ4v) is 3.57. The molecule has 6 heteroatoms. The van der Waals surface area contributed by atoms with Crippen molar-refractivity contribution >= 4 is 11.9 Å². The Morgan fingerprint density at radius 2 is 2.00 bits per heavy atom. The Hall–Kier alpha value is -2.37. The largest absolute Gasteiger partial charge is 0.357 e. The Morgan fingerprint density at radius 3 is 2.77 bits per heavy atom. The van der Waals surface area contributed by atoms with Crippen LogP contribution < -0.4 is 4.90 Å². The van der Waals surface area contributed by atoms with E-state index in [2.05, 4.69) is 19.9 Å². The number of nitrogens with one attached hydrogen (secondary N) is 1. The first-order valence-corrected chi connectivity index (χ1v) is 7.77. The van der Waals surface area contributed by atoms with E-state index in [0.29, 0.717) is 11.6 Å². The molecule has 2 bridgehead atoms. The standard InChI is InChI=1S/C16H19N5O/c22-15(14-3-1-6-17-14)21-10-12-4-5-13(21)11-20(9-12)16-18-7-2-8-19-16/h1-3,6-8,12-13,17H,4-5,9-11H2/t12-,13+/m1/s1. The van der Waals surface area contributed by atoms with Crippen LogP contribution in [0.15, 0.2) is 36.8 Å². The second kappa shape index (κ2) is 5.44.